The van der Waals surface area contributed by atoms with Crippen LogP contribution in [0.2, 0.25) is 0 Å². The largest absolute Gasteiger partial charge is 0.494 e. The van der Waals surface area contributed by atoms with Crippen LogP contribution in [0.5, 0.6) is 5.75 Å². The van der Waals surface area contributed by atoms with Gasteiger partial charge in [0.15, 0.2) is 0 Å². The van der Waals surface area contributed by atoms with Crippen LogP contribution >= 0.6 is 11.3 Å². The maximum absolute atomic E-state index is 12.4. The molecule has 0 spiro atoms. The Hall–Kier alpha value is -3.12. The van der Waals surface area contributed by atoms with E-state index >= 15 is 0 Å². The lowest BCUT2D eigenvalue weighted by Crippen LogP contribution is -2.15. The molecule has 138 valence electrons. The molecule has 0 aliphatic heterocycles. The zero-order valence-electron chi connectivity index (χ0n) is 14.8. The van der Waals surface area contributed by atoms with Gasteiger partial charge in [0.1, 0.15) is 16.3 Å². The van der Waals surface area contributed by atoms with E-state index in [9.17, 15) is 14.7 Å². The number of aromatic carboxylic acids is 1. The van der Waals surface area contributed by atoms with Gasteiger partial charge in [-0.1, -0.05) is 42.5 Å². The van der Waals surface area contributed by atoms with Gasteiger partial charge in [-0.25, -0.2) is 4.79 Å². The Morgan fingerprint density at radius 2 is 1.78 bits per heavy atom. The average Bonchev–Trinajstić information content (AvgIpc) is 3.08. The highest BCUT2D eigenvalue weighted by molar-refractivity contribution is 7.15. The van der Waals surface area contributed by atoms with E-state index in [2.05, 4.69) is 5.32 Å². The summed E-state index contributed by atoms with van der Waals surface area (Å²) in [4.78, 5) is 24.1. The molecule has 1 heterocycles. The van der Waals surface area contributed by atoms with E-state index in [4.69, 9.17) is 4.74 Å². The van der Waals surface area contributed by atoms with Crippen molar-refractivity contribution in [2.75, 3.05) is 11.9 Å². The van der Waals surface area contributed by atoms with Crippen molar-refractivity contribution in [3.63, 3.8) is 0 Å². The molecule has 1 aromatic heterocycles. The van der Waals surface area contributed by atoms with Gasteiger partial charge in [0.05, 0.1) is 13.0 Å². The van der Waals surface area contributed by atoms with Crippen molar-refractivity contribution in [1.29, 1.82) is 0 Å². The molecule has 1 amide bonds. The van der Waals surface area contributed by atoms with Crippen LogP contribution in [0.4, 0.5) is 5.00 Å². The summed E-state index contributed by atoms with van der Waals surface area (Å²) in [6.45, 7) is 2.49. The summed E-state index contributed by atoms with van der Waals surface area (Å²) < 4.78 is 5.38. The zero-order chi connectivity index (χ0) is 19.2. The van der Waals surface area contributed by atoms with Crippen LogP contribution in [0.15, 0.2) is 60.0 Å². The van der Waals surface area contributed by atoms with Crippen molar-refractivity contribution in [3.8, 4) is 16.9 Å². The van der Waals surface area contributed by atoms with Crippen molar-refractivity contribution in [3.05, 3.63) is 71.1 Å². The lowest BCUT2D eigenvalue weighted by atomic mass is 10.0. The molecule has 27 heavy (non-hydrogen) atoms. The summed E-state index contributed by atoms with van der Waals surface area (Å²) in [6.07, 6.45) is 0.157. The molecule has 2 aromatic carbocycles. The molecule has 0 saturated carbocycles. The number of carbonyl (C=O) groups is 2. The third kappa shape index (κ3) is 4.54. The third-order valence-corrected chi connectivity index (χ3v) is 4.84. The second kappa shape index (κ2) is 8.51. The Morgan fingerprint density at radius 3 is 2.41 bits per heavy atom. The predicted molar refractivity (Wildman–Crippen MR) is 107 cm³/mol. The number of nitrogens with one attached hydrogen (secondary N) is 1. The topological polar surface area (TPSA) is 75.6 Å². The summed E-state index contributed by atoms with van der Waals surface area (Å²) in [6, 6.07) is 16.5. The van der Waals surface area contributed by atoms with Crippen LogP contribution in [0.1, 0.15) is 22.8 Å². The number of thiophene rings is 1. The second-order valence-electron chi connectivity index (χ2n) is 5.83. The minimum Gasteiger partial charge on any atom is -0.494 e. The molecular weight excluding hydrogens is 362 g/mol. The van der Waals surface area contributed by atoms with Crippen molar-refractivity contribution >= 4 is 28.2 Å². The fourth-order valence-corrected chi connectivity index (χ4v) is 3.70. The first-order chi connectivity index (χ1) is 13.1. The SMILES string of the molecule is CCOc1ccc(CC(=O)Nc2scc(-c3ccccc3)c2C(=O)O)cc1. The van der Waals surface area contributed by atoms with Gasteiger partial charge in [-0.2, -0.15) is 0 Å². The first-order valence-electron chi connectivity index (χ1n) is 8.50. The first kappa shape index (κ1) is 18.7. The normalized spacial score (nSPS) is 10.4. The first-order valence-corrected chi connectivity index (χ1v) is 9.38. The minimum atomic E-state index is -1.06. The smallest absolute Gasteiger partial charge is 0.339 e. The van der Waals surface area contributed by atoms with Crippen molar-refractivity contribution in [2.45, 2.75) is 13.3 Å². The van der Waals surface area contributed by atoms with Gasteiger partial charge in [0.2, 0.25) is 5.91 Å². The molecule has 3 aromatic rings. The molecule has 0 unspecified atom stereocenters. The monoisotopic (exact) mass is 381 g/mol. The van der Waals surface area contributed by atoms with E-state index < -0.39 is 5.97 Å². The van der Waals surface area contributed by atoms with Gasteiger partial charge in [-0.05, 0) is 30.2 Å². The summed E-state index contributed by atoms with van der Waals surface area (Å²) in [5.41, 5.74) is 2.35. The maximum Gasteiger partial charge on any atom is 0.339 e. The highest BCUT2D eigenvalue weighted by Crippen LogP contribution is 2.35. The molecule has 3 rings (SSSR count). The molecule has 0 atom stereocenters. The fraction of sp³-hybridized carbons (Fsp3) is 0.143. The zero-order valence-corrected chi connectivity index (χ0v) is 15.6. The fourth-order valence-electron chi connectivity index (χ4n) is 2.72. The molecular formula is C21H19NO4S. The molecule has 0 fully saturated rings. The van der Waals surface area contributed by atoms with Crippen molar-refractivity contribution in [1.82, 2.24) is 0 Å². The molecule has 2 N–H and O–H groups in total. The highest BCUT2D eigenvalue weighted by Gasteiger charge is 2.21. The van der Waals surface area contributed by atoms with E-state index in [0.29, 0.717) is 17.2 Å². The number of carboxylic acids is 1. The van der Waals surface area contributed by atoms with Crippen LogP contribution in [0, 0.1) is 0 Å². The Labute approximate surface area is 161 Å². The van der Waals surface area contributed by atoms with Gasteiger partial charge >= 0.3 is 5.97 Å². The predicted octanol–water partition coefficient (Wildman–Crippen LogP) is 4.69. The number of hydrogen-bond acceptors (Lipinski definition) is 4. The van der Waals surface area contributed by atoms with E-state index in [1.54, 1.807) is 5.38 Å². The van der Waals surface area contributed by atoms with Crippen molar-refractivity contribution < 1.29 is 19.4 Å². The number of anilines is 1. The lowest BCUT2D eigenvalue weighted by Gasteiger charge is -2.07. The quantitative estimate of drug-likeness (QED) is 0.622. The second-order valence-corrected chi connectivity index (χ2v) is 6.71. The number of carbonyl (C=O) groups excluding carboxylic acids is 1. The summed E-state index contributed by atoms with van der Waals surface area (Å²) in [5.74, 6) is -0.574. The Kier molecular flexibility index (Phi) is 5.88. The number of rotatable bonds is 7. The van der Waals surface area contributed by atoms with Crippen molar-refractivity contribution in [2.24, 2.45) is 0 Å². The molecule has 0 aliphatic rings. The van der Waals surface area contributed by atoms with Crippen LogP contribution in [-0.2, 0) is 11.2 Å². The van der Waals surface area contributed by atoms with E-state index in [1.807, 2.05) is 61.5 Å². The van der Waals surface area contributed by atoms with Crippen LogP contribution in [0.25, 0.3) is 11.1 Å². The third-order valence-electron chi connectivity index (χ3n) is 3.94. The number of hydrogen-bond donors (Lipinski definition) is 2. The van der Waals surface area contributed by atoms with Gasteiger partial charge in [0.25, 0.3) is 0 Å². The summed E-state index contributed by atoms with van der Waals surface area (Å²) in [7, 11) is 0. The van der Waals surface area contributed by atoms with E-state index in [1.165, 1.54) is 11.3 Å². The van der Waals surface area contributed by atoms with E-state index in [-0.39, 0.29) is 17.9 Å². The maximum atomic E-state index is 12.4. The van der Waals surface area contributed by atoms with Gasteiger partial charge < -0.3 is 15.2 Å². The highest BCUT2D eigenvalue weighted by atomic mass is 32.1. The number of carboxylic acid groups (broad SMARTS) is 1. The summed E-state index contributed by atoms with van der Waals surface area (Å²) >= 11 is 1.21. The van der Waals surface area contributed by atoms with Gasteiger partial charge in [-0.3, -0.25) is 4.79 Å². The van der Waals surface area contributed by atoms with E-state index in [0.717, 1.165) is 16.9 Å². The van der Waals surface area contributed by atoms with Crippen LogP contribution in [-0.4, -0.2) is 23.6 Å². The van der Waals surface area contributed by atoms with Crippen LogP contribution < -0.4 is 10.1 Å². The standard InChI is InChI=1S/C21H19NO4S/c1-2-26-16-10-8-14(9-11-16)12-18(23)22-20-19(21(24)25)17(13-27-20)15-6-4-3-5-7-15/h3-11,13H,2,12H2,1H3,(H,22,23)(H,24,25). The van der Waals surface area contributed by atoms with Gasteiger partial charge in [0, 0.05) is 10.9 Å². The molecule has 0 saturated heterocycles. The Balaban J connectivity index is 1.76. The van der Waals surface area contributed by atoms with Crippen LogP contribution in [0.3, 0.4) is 0 Å². The average molecular weight is 381 g/mol. The number of benzene rings is 2. The molecule has 5 nitrogen and oxygen atoms in total. The number of ether oxygens (including phenoxy) is 1. The molecule has 0 radical (unpaired) electrons. The Bertz CT molecular complexity index is 933. The van der Waals surface area contributed by atoms with Gasteiger partial charge in [-0.15, -0.1) is 11.3 Å². The number of amides is 1. The molecule has 0 aliphatic carbocycles. The molecule has 0 bridgehead atoms. The summed E-state index contributed by atoms with van der Waals surface area (Å²) in [5, 5.41) is 14.5. The lowest BCUT2D eigenvalue weighted by molar-refractivity contribution is -0.115. The molecule has 6 heteroatoms. The minimum absolute atomic E-state index is 0.117. The Morgan fingerprint density at radius 1 is 1.07 bits per heavy atom.